The maximum Gasteiger partial charge on any atom is 0.0681 e. The van der Waals surface area contributed by atoms with E-state index in [2.05, 4.69) is 24.1 Å². The monoisotopic (exact) mass is 236 g/mol. The second-order valence-electron chi connectivity index (χ2n) is 4.56. The predicted octanol–water partition coefficient (Wildman–Crippen LogP) is 1.74. The Labute approximate surface area is 104 Å². The van der Waals surface area contributed by atoms with Gasteiger partial charge >= 0.3 is 0 Å². The molecule has 1 rings (SSSR count). The van der Waals surface area contributed by atoms with Gasteiger partial charge in [-0.25, -0.2) is 0 Å². The van der Waals surface area contributed by atoms with Gasteiger partial charge in [-0.3, -0.25) is 0 Å². The molecule has 0 heterocycles. The van der Waals surface area contributed by atoms with Crippen LogP contribution >= 0.6 is 0 Å². The third-order valence-electron chi connectivity index (χ3n) is 2.90. The van der Waals surface area contributed by atoms with Crippen molar-refractivity contribution in [1.82, 2.24) is 4.90 Å². The lowest BCUT2D eigenvalue weighted by Crippen LogP contribution is -2.19. The first kappa shape index (κ1) is 14.2. The van der Waals surface area contributed by atoms with Crippen molar-refractivity contribution in [2.75, 3.05) is 20.1 Å². The van der Waals surface area contributed by atoms with E-state index in [0.29, 0.717) is 0 Å². The third-order valence-corrected chi connectivity index (χ3v) is 2.90. The molecule has 1 aromatic carbocycles. The zero-order valence-electron chi connectivity index (χ0n) is 10.7. The van der Waals surface area contributed by atoms with E-state index in [1.165, 1.54) is 18.4 Å². The zero-order valence-corrected chi connectivity index (χ0v) is 10.7. The van der Waals surface area contributed by atoms with E-state index in [1.807, 2.05) is 12.1 Å². The number of aliphatic hydroxyl groups excluding tert-OH is 1. The van der Waals surface area contributed by atoms with Crippen LogP contribution < -0.4 is 5.73 Å². The minimum absolute atomic E-state index is 0.120. The number of aliphatic hydroxyl groups is 1. The van der Waals surface area contributed by atoms with Crippen molar-refractivity contribution in [3.05, 3.63) is 35.4 Å². The van der Waals surface area contributed by atoms with Crippen molar-refractivity contribution >= 4 is 0 Å². The van der Waals surface area contributed by atoms with Gasteiger partial charge < -0.3 is 15.7 Å². The van der Waals surface area contributed by atoms with Crippen LogP contribution in [0.1, 0.15) is 30.4 Å². The molecule has 0 aliphatic heterocycles. The second kappa shape index (κ2) is 8.23. The van der Waals surface area contributed by atoms with Crippen LogP contribution in [0.5, 0.6) is 0 Å². The van der Waals surface area contributed by atoms with Crippen LogP contribution in [0.3, 0.4) is 0 Å². The topological polar surface area (TPSA) is 49.5 Å². The number of hydrogen-bond donors (Lipinski definition) is 2. The van der Waals surface area contributed by atoms with Crippen molar-refractivity contribution < 1.29 is 5.11 Å². The molecule has 17 heavy (non-hydrogen) atoms. The maximum absolute atomic E-state index is 8.96. The average molecular weight is 236 g/mol. The van der Waals surface area contributed by atoms with Crippen molar-refractivity contribution in [2.24, 2.45) is 5.73 Å². The molecule has 3 nitrogen and oxygen atoms in total. The summed E-state index contributed by atoms with van der Waals surface area (Å²) in [6.07, 6.45) is 3.55. The SMILES string of the molecule is CN(CCCCCN)Cc1ccc(CO)cc1. The van der Waals surface area contributed by atoms with Crippen LogP contribution in [0.2, 0.25) is 0 Å². The predicted molar refractivity (Wildman–Crippen MR) is 71.6 cm³/mol. The van der Waals surface area contributed by atoms with Crippen molar-refractivity contribution in [3.8, 4) is 0 Å². The van der Waals surface area contributed by atoms with E-state index in [4.69, 9.17) is 10.8 Å². The molecular formula is C14H24N2O. The molecule has 0 radical (unpaired) electrons. The summed E-state index contributed by atoms with van der Waals surface area (Å²) in [5, 5.41) is 8.96. The fourth-order valence-electron chi connectivity index (χ4n) is 1.84. The second-order valence-corrected chi connectivity index (χ2v) is 4.56. The van der Waals surface area contributed by atoms with Gasteiger partial charge in [-0.1, -0.05) is 30.7 Å². The van der Waals surface area contributed by atoms with E-state index in [0.717, 1.165) is 31.6 Å². The lowest BCUT2D eigenvalue weighted by atomic mass is 10.1. The van der Waals surface area contributed by atoms with E-state index in [1.54, 1.807) is 0 Å². The Morgan fingerprint density at radius 1 is 1.06 bits per heavy atom. The lowest BCUT2D eigenvalue weighted by Gasteiger charge is -2.16. The molecule has 0 aliphatic carbocycles. The molecule has 0 fully saturated rings. The summed E-state index contributed by atoms with van der Waals surface area (Å²) in [7, 11) is 2.14. The van der Waals surface area contributed by atoms with E-state index < -0.39 is 0 Å². The van der Waals surface area contributed by atoms with Crippen LogP contribution in [-0.2, 0) is 13.2 Å². The van der Waals surface area contributed by atoms with E-state index >= 15 is 0 Å². The molecule has 0 aliphatic rings. The molecule has 3 N–H and O–H groups in total. The molecule has 0 unspecified atom stereocenters. The highest BCUT2D eigenvalue weighted by molar-refractivity contribution is 5.21. The Morgan fingerprint density at radius 2 is 1.71 bits per heavy atom. The summed E-state index contributed by atoms with van der Waals surface area (Å²) in [6, 6.07) is 8.14. The van der Waals surface area contributed by atoms with Gasteiger partial charge in [0.2, 0.25) is 0 Å². The molecule has 96 valence electrons. The van der Waals surface area contributed by atoms with Gasteiger partial charge in [-0.15, -0.1) is 0 Å². The van der Waals surface area contributed by atoms with Gasteiger partial charge in [-0.2, -0.15) is 0 Å². The van der Waals surface area contributed by atoms with Gasteiger partial charge in [-0.05, 0) is 44.1 Å². The average Bonchev–Trinajstić information content (AvgIpc) is 2.36. The standard InChI is InChI=1S/C14H24N2O/c1-16(10-4-2-3-9-15)11-13-5-7-14(12-17)8-6-13/h5-8,17H,2-4,9-12,15H2,1H3. The van der Waals surface area contributed by atoms with Crippen LogP contribution in [0.4, 0.5) is 0 Å². The minimum atomic E-state index is 0.120. The lowest BCUT2D eigenvalue weighted by molar-refractivity contribution is 0.281. The van der Waals surface area contributed by atoms with Crippen LogP contribution in [0.15, 0.2) is 24.3 Å². The van der Waals surface area contributed by atoms with Crippen molar-refractivity contribution in [3.63, 3.8) is 0 Å². The van der Waals surface area contributed by atoms with Crippen LogP contribution in [0, 0.1) is 0 Å². The van der Waals surface area contributed by atoms with E-state index in [-0.39, 0.29) is 6.61 Å². The van der Waals surface area contributed by atoms with Crippen LogP contribution in [-0.4, -0.2) is 30.1 Å². The largest absolute Gasteiger partial charge is 0.392 e. The first-order valence-electron chi connectivity index (χ1n) is 6.33. The number of unbranched alkanes of at least 4 members (excludes halogenated alkanes) is 2. The van der Waals surface area contributed by atoms with Crippen molar-refractivity contribution in [2.45, 2.75) is 32.4 Å². The highest BCUT2D eigenvalue weighted by Gasteiger charge is 2.00. The molecule has 0 aromatic heterocycles. The summed E-state index contributed by atoms with van der Waals surface area (Å²) < 4.78 is 0. The Kier molecular flexibility index (Phi) is 6.86. The molecule has 3 heteroatoms. The maximum atomic E-state index is 8.96. The molecular weight excluding hydrogens is 212 g/mol. The Morgan fingerprint density at radius 3 is 2.29 bits per heavy atom. The summed E-state index contributed by atoms with van der Waals surface area (Å²) in [4.78, 5) is 2.32. The Balaban J connectivity index is 2.26. The summed E-state index contributed by atoms with van der Waals surface area (Å²) in [6.45, 7) is 3.00. The smallest absolute Gasteiger partial charge is 0.0681 e. The summed E-state index contributed by atoms with van der Waals surface area (Å²) in [5.41, 5.74) is 7.73. The number of rotatable bonds is 8. The first-order chi connectivity index (χ1) is 8.26. The minimum Gasteiger partial charge on any atom is -0.392 e. The highest BCUT2D eigenvalue weighted by atomic mass is 16.3. The molecule has 0 saturated carbocycles. The fraction of sp³-hybridized carbons (Fsp3) is 0.571. The van der Waals surface area contributed by atoms with Gasteiger partial charge in [0.05, 0.1) is 6.61 Å². The molecule has 0 spiro atoms. The molecule has 1 aromatic rings. The summed E-state index contributed by atoms with van der Waals surface area (Å²) >= 11 is 0. The van der Waals surface area contributed by atoms with Gasteiger partial charge in [0, 0.05) is 6.54 Å². The number of nitrogens with two attached hydrogens (primary N) is 1. The van der Waals surface area contributed by atoms with E-state index in [9.17, 15) is 0 Å². The molecule has 0 saturated heterocycles. The van der Waals surface area contributed by atoms with Crippen molar-refractivity contribution in [1.29, 1.82) is 0 Å². The number of nitrogens with zero attached hydrogens (tertiary/aromatic N) is 1. The number of hydrogen-bond acceptors (Lipinski definition) is 3. The third kappa shape index (κ3) is 5.82. The Hall–Kier alpha value is -0.900. The summed E-state index contributed by atoms with van der Waals surface area (Å²) in [5.74, 6) is 0. The molecule has 0 bridgehead atoms. The molecule has 0 atom stereocenters. The number of benzene rings is 1. The first-order valence-corrected chi connectivity index (χ1v) is 6.33. The van der Waals surface area contributed by atoms with Gasteiger partial charge in [0.25, 0.3) is 0 Å². The zero-order chi connectivity index (χ0) is 12.5. The molecule has 0 amide bonds. The fourth-order valence-corrected chi connectivity index (χ4v) is 1.84. The van der Waals surface area contributed by atoms with Gasteiger partial charge in [0.15, 0.2) is 0 Å². The Bertz CT molecular complexity index is 298. The van der Waals surface area contributed by atoms with Gasteiger partial charge in [0.1, 0.15) is 0 Å². The normalized spacial score (nSPS) is 11.1. The highest BCUT2D eigenvalue weighted by Crippen LogP contribution is 2.07. The quantitative estimate of drug-likeness (QED) is 0.676. The van der Waals surface area contributed by atoms with Crippen LogP contribution in [0.25, 0.3) is 0 Å².